The number of H-pyrrole nitrogens is 2. The van der Waals surface area contributed by atoms with E-state index in [1.54, 1.807) is 19.3 Å². The van der Waals surface area contributed by atoms with Crippen LogP contribution in [0, 0.1) is 11.7 Å². The summed E-state index contributed by atoms with van der Waals surface area (Å²) in [5.74, 6) is 0. The molecule has 7 nitrogen and oxygen atoms in total. The number of amides is 1. The third kappa shape index (κ3) is 4.76. The number of carbonyl (C=O) groups excluding carboxylic acids is 1. The third-order valence-corrected chi connectivity index (χ3v) is 5.26. The van der Waals surface area contributed by atoms with Gasteiger partial charge < -0.3 is 19.2 Å². The van der Waals surface area contributed by atoms with Gasteiger partial charge in [-0.25, -0.2) is 4.79 Å². The molecule has 0 fully saturated rings. The third-order valence-electron chi connectivity index (χ3n) is 4.57. The highest BCUT2D eigenvalue weighted by Gasteiger charge is 2.20. The van der Waals surface area contributed by atoms with Crippen molar-refractivity contribution in [3.63, 3.8) is 0 Å². The Morgan fingerprint density at radius 2 is 2.03 bits per heavy atom. The van der Waals surface area contributed by atoms with Crippen LogP contribution in [0.5, 0.6) is 0 Å². The van der Waals surface area contributed by atoms with Crippen molar-refractivity contribution >= 4 is 40.9 Å². The molecule has 9 heteroatoms. The first kappa shape index (κ1) is 22.1. The minimum atomic E-state index is -0.572. The molecule has 160 valence electrons. The number of halogens is 1. The molecule has 0 atom stereocenters. The van der Waals surface area contributed by atoms with Crippen molar-refractivity contribution < 1.29 is 9.53 Å². The maximum absolute atomic E-state index is 12.3. The molecule has 1 aromatic carbocycles. The molecule has 2 heterocycles. The van der Waals surface area contributed by atoms with Crippen molar-refractivity contribution in [2.75, 3.05) is 7.05 Å². The van der Waals surface area contributed by atoms with Crippen molar-refractivity contribution in [3.8, 4) is 0 Å². The fourth-order valence-corrected chi connectivity index (χ4v) is 3.63. The fraction of sp³-hybridized carbons (Fsp3) is 0.381. The van der Waals surface area contributed by atoms with E-state index in [1.165, 1.54) is 4.90 Å². The van der Waals surface area contributed by atoms with E-state index in [0.717, 1.165) is 22.2 Å². The predicted molar refractivity (Wildman–Crippen MR) is 121 cm³/mol. The molecule has 1 amide bonds. The minimum Gasteiger partial charge on any atom is -0.444 e. The monoisotopic (exact) mass is 448 g/mol. The number of nitrogens with zero attached hydrogens (tertiary/aromatic N) is 2. The van der Waals surface area contributed by atoms with Crippen LogP contribution in [0.3, 0.4) is 0 Å². The van der Waals surface area contributed by atoms with Gasteiger partial charge in [0, 0.05) is 18.3 Å². The van der Waals surface area contributed by atoms with Crippen LogP contribution >= 0.6 is 23.8 Å². The smallest absolute Gasteiger partial charge is 0.410 e. The summed E-state index contributed by atoms with van der Waals surface area (Å²) in [5.41, 5.74) is 3.11. The van der Waals surface area contributed by atoms with Gasteiger partial charge in [0.15, 0.2) is 4.77 Å². The first-order valence-corrected chi connectivity index (χ1v) is 10.3. The molecule has 0 saturated heterocycles. The molecule has 0 aliphatic rings. The molecule has 0 aliphatic heterocycles. The summed E-state index contributed by atoms with van der Waals surface area (Å²) in [6, 6.07) is 5.63. The van der Waals surface area contributed by atoms with Crippen LogP contribution in [0.25, 0.3) is 11.0 Å². The largest absolute Gasteiger partial charge is 0.444 e. The molecule has 2 aromatic heterocycles. The van der Waals surface area contributed by atoms with Crippen LogP contribution in [0.4, 0.5) is 4.79 Å². The number of fused-ring (bicyclic) bond motifs is 1. The van der Waals surface area contributed by atoms with Gasteiger partial charge in [-0.1, -0.05) is 23.7 Å². The second kappa shape index (κ2) is 8.28. The predicted octanol–water partition coefficient (Wildman–Crippen LogP) is 4.76. The number of nitrogens with one attached hydrogen (secondary N) is 2. The number of aromatic nitrogens is 3. The second-order valence-electron chi connectivity index (χ2n) is 8.30. The lowest BCUT2D eigenvalue weighted by molar-refractivity contribution is 0.0285. The number of benzene rings is 1. The molecule has 30 heavy (non-hydrogen) atoms. The van der Waals surface area contributed by atoms with Crippen LogP contribution in [0.15, 0.2) is 29.2 Å². The van der Waals surface area contributed by atoms with Gasteiger partial charge in [-0.2, -0.15) is 0 Å². The first-order valence-electron chi connectivity index (χ1n) is 9.48. The van der Waals surface area contributed by atoms with Gasteiger partial charge >= 0.3 is 6.09 Å². The van der Waals surface area contributed by atoms with E-state index in [1.807, 2.05) is 44.4 Å². The minimum absolute atomic E-state index is 0.241. The summed E-state index contributed by atoms with van der Waals surface area (Å²) in [5, 5.41) is 0.558. The highest BCUT2D eigenvalue weighted by atomic mass is 35.5. The van der Waals surface area contributed by atoms with E-state index in [9.17, 15) is 9.59 Å². The van der Waals surface area contributed by atoms with Gasteiger partial charge in [0.1, 0.15) is 11.1 Å². The lowest BCUT2D eigenvalue weighted by Crippen LogP contribution is -2.33. The van der Waals surface area contributed by atoms with E-state index in [2.05, 4.69) is 9.97 Å². The quantitative estimate of drug-likeness (QED) is 0.563. The van der Waals surface area contributed by atoms with Crippen molar-refractivity contribution in [3.05, 3.63) is 61.2 Å². The van der Waals surface area contributed by atoms with Crippen molar-refractivity contribution in [1.29, 1.82) is 0 Å². The molecule has 0 saturated carbocycles. The summed E-state index contributed by atoms with van der Waals surface area (Å²) in [4.78, 5) is 31.6. The summed E-state index contributed by atoms with van der Waals surface area (Å²) in [6.45, 7) is 8.15. The molecule has 0 aliphatic carbocycles. The van der Waals surface area contributed by atoms with Crippen molar-refractivity contribution in [2.45, 2.75) is 46.4 Å². The Bertz CT molecular complexity index is 1220. The van der Waals surface area contributed by atoms with E-state index in [4.69, 9.17) is 28.6 Å². The number of aromatic amines is 2. The summed E-state index contributed by atoms with van der Waals surface area (Å²) in [7, 11) is 1.67. The van der Waals surface area contributed by atoms with Gasteiger partial charge in [0.25, 0.3) is 5.56 Å². The van der Waals surface area contributed by atoms with E-state index >= 15 is 0 Å². The number of hydrogen-bond donors (Lipinski definition) is 2. The van der Waals surface area contributed by atoms with Crippen LogP contribution in [-0.4, -0.2) is 38.2 Å². The van der Waals surface area contributed by atoms with Gasteiger partial charge in [-0.3, -0.25) is 9.78 Å². The van der Waals surface area contributed by atoms with Crippen molar-refractivity contribution in [2.24, 2.45) is 0 Å². The average Bonchev–Trinajstić information content (AvgIpc) is 3.02. The zero-order valence-electron chi connectivity index (χ0n) is 17.6. The van der Waals surface area contributed by atoms with E-state index in [0.29, 0.717) is 28.4 Å². The highest BCUT2D eigenvalue weighted by Crippen LogP contribution is 2.22. The number of hydrogen-bond acceptors (Lipinski definition) is 4. The molecule has 0 bridgehead atoms. The highest BCUT2D eigenvalue weighted by molar-refractivity contribution is 7.71. The Morgan fingerprint density at radius 3 is 2.70 bits per heavy atom. The number of carbonyl (C=O) groups is 1. The molecule has 0 spiro atoms. The summed E-state index contributed by atoms with van der Waals surface area (Å²) in [6.07, 6.45) is 1.37. The lowest BCUT2D eigenvalue weighted by Gasteiger charge is -2.25. The Kier molecular flexibility index (Phi) is 6.10. The molecule has 3 rings (SSSR count). The van der Waals surface area contributed by atoms with Gasteiger partial charge in [0.2, 0.25) is 0 Å². The summed E-state index contributed by atoms with van der Waals surface area (Å²) < 4.78 is 7.63. The van der Waals surface area contributed by atoms with E-state index in [-0.39, 0.29) is 5.56 Å². The Balaban J connectivity index is 1.91. The number of rotatable bonds is 4. The molecule has 0 unspecified atom stereocenters. The second-order valence-corrected chi connectivity index (χ2v) is 9.10. The van der Waals surface area contributed by atoms with Crippen LogP contribution in [0.1, 0.15) is 37.5 Å². The molecular formula is C21H25ClN4O3S. The molecular weight excluding hydrogens is 424 g/mol. The fourth-order valence-electron chi connectivity index (χ4n) is 3.20. The zero-order valence-corrected chi connectivity index (χ0v) is 19.2. The first-order chi connectivity index (χ1) is 14.0. The lowest BCUT2D eigenvalue weighted by atomic mass is 10.1. The van der Waals surface area contributed by atoms with Gasteiger partial charge in [0.05, 0.1) is 18.6 Å². The molecule has 3 aromatic rings. The Morgan fingerprint density at radius 1 is 1.33 bits per heavy atom. The van der Waals surface area contributed by atoms with Gasteiger partial charge in [-0.15, -0.1) is 0 Å². The SMILES string of the molecule is Cc1c[nH]c2c(=O)[nH]c(=S)n(Cc3ccc(Cl)c(CN(C)C(=O)OC(C)(C)C)c3)c12. The van der Waals surface area contributed by atoms with Crippen LogP contribution in [-0.2, 0) is 17.8 Å². The molecule has 2 N–H and O–H groups in total. The number of ether oxygens (including phenoxy) is 1. The average molecular weight is 449 g/mol. The van der Waals surface area contributed by atoms with Crippen LogP contribution in [0.2, 0.25) is 5.02 Å². The normalized spacial score (nSPS) is 11.7. The maximum atomic E-state index is 12.3. The van der Waals surface area contributed by atoms with E-state index < -0.39 is 11.7 Å². The van der Waals surface area contributed by atoms with Gasteiger partial charge in [-0.05, 0) is 62.7 Å². The maximum Gasteiger partial charge on any atom is 0.410 e. The zero-order chi connectivity index (χ0) is 22.2. The van der Waals surface area contributed by atoms with Crippen LogP contribution < -0.4 is 5.56 Å². The standard InChI is InChI=1S/C21H25ClN4O3S/c1-12-9-23-16-17(12)26(19(30)24-18(16)27)10-13-6-7-15(22)14(8-13)11-25(5)20(28)29-21(2,3)4/h6-9,23H,10-11H2,1-5H3,(H,24,27,30). The molecule has 0 radical (unpaired) electrons. The Hall–Kier alpha value is -2.58. The summed E-state index contributed by atoms with van der Waals surface area (Å²) >= 11 is 11.8. The topological polar surface area (TPSA) is 83.1 Å². The number of aryl methyl sites for hydroxylation is 1. The van der Waals surface area contributed by atoms with Crippen molar-refractivity contribution in [1.82, 2.24) is 19.4 Å². The Labute approximate surface area is 184 Å².